The van der Waals surface area contributed by atoms with E-state index in [1.54, 1.807) is 60.8 Å². The molecule has 3 rings (SSSR count). The van der Waals surface area contributed by atoms with Gasteiger partial charge in [-0.3, -0.25) is 9.10 Å². The van der Waals surface area contributed by atoms with E-state index in [4.69, 9.17) is 4.74 Å². The van der Waals surface area contributed by atoms with Gasteiger partial charge in [0.05, 0.1) is 12.8 Å². The van der Waals surface area contributed by atoms with Crippen molar-refractivity contribution in [2.75, 3.05) is 25.5 Å². The molecule has 0 unspecified atom stereocenters. The zero-order valence-electron chi connectivity index (χ0n) is 16.4. The molecular formula is C21H22N2O4S2. The maximum atomic E-state index is 12.7. The number of sulfonamides is 1. The lowest BCUT2D eigenvalue weighted by atomic mass is 10.1. The third-order valence-electron chi connectivity index (χ3n) is 4.51. The molecule has 0 N–H and O–H groups in total. The van der Waals surface area contributed by atoms with Crippen molar-refractivity contribution in [2.45, 2.75) is 10.8 Å². The highest BCUT2D eigenvalue weighted by molar-refractivity contribution is 7.94. The Morgan fingerprint density at radius 2 is 1.66 bits per heavy atom. The van der Waals surface area contributed by atoms with Crippen LogP contribution in [0, 0.1) is 0 Å². The maximum Gasteiger partial charge on any atom is 0.273 e. The van der Waals surface area contributed by atoms with E-state index in [9.17, 15) is 13.2 Å². The summed E-state index contributed by atoms with van der Waals surface area (Å²) in [6, 6.07) is 17.4. The van der Waals surface area contributed by atoms with Crippen molar-refractivity contribution in [3.05, 3.63) is 77.2 Å². The molecule has 0 atom stereocenters. The Hall–Kier alpha value is -2.84. The van der Waals surface area contributed by atoms with Gasteiger partial charge >= 0.3 is 0 Å². The van der Waals surface area contributed by atoms with E-state index in [-0.39, 0.29) is 10.1 Å². The number of benzene rings is 2. The molecule has 0 aliphatic rings. The second-order valence-corrected chi connectivity index (χ2v) is 9.60. The van der Waals surface area contributed by atoms with E-state index in [0.717, 1.165) is 11.3 Å². The van der Waals surface area contributed by atoms with Crippen molar-refractivity contribution >= 4 is 33.0 Å². The van der Waals surface area contributed by atoms with Crippen LogP contribution < -0.4 is 9.04 Å². The molecule has 0 saturated heterocycles. The van der Waals surface area contributed by atoms with Gasteiger partial charge in [0.2, 0.25) is 0 Å². The average molecular weight is 431 g/mol. The van der Waals surface area contributed by atoms with Crippen molar-refractivity contribution in [2.24, 2.45) is 0 Å². The third-order valence-corrected chi connectivity index (χ3v) is 7.67. The fourth-order valence-corrected chi connectivity index (χ4v) is 5.15. The Kier molecular flexibility index (Phi) is 6.24. The summed E-state index contributed by atoms with van der Waals surface area (Å²) in [5.74, 6) is 0.621. The number of hydrogen-bond acceptors (Lipinski definition) is 5. The summed E-state index contributed by atoms with van der Waals surface area (Å²) < 4.78 is 31.9. The van der Waals surface area contributed by atoms with Crippen LogP contribution in [0.4, 0.5) is 5.69 Å². The zero-order chi connectivity index (χ0) is 21.0. The van der Waals surface area contributed by atoms with Gasteiger partial charge in [0.25, 0.3) is 15.9 Å². The highest BCUT2D eigenvalue weighted by atomic mass is 32.2. The molecule has 1 heterocycles. The van der Waals surface area contributed by atoms with Gasteiger partial charge in [-0.1, -0.05) is 18.2 Å². The van der Waals surface area contributed by atoms with E-state index in [2.05, 4.69) is 0 Å². The molecule has 1 aromatic heterocycles. The molecule has 0 bridgehead atoms. The number of methoxy groups -OCH3 is 1. The van der Waals surface area contributed by atoms with Crippen molar-refractivity contribution in [1.82, 2.24) is 4.90 Å². The first kappa shape index (κ1) is 20.9. The van der Waals surface area contributed by atoms with E-state index in [0.29, 0.717) is 17.8 Å². The Balaban J connectivity index is 1.70. The molecule has 2 aromatic carbocycles. The van der Waals surface area contributed by atoms with Crippen LogP contribution in [0.5, 0.6) is 5.75 Å². The lowest BCUT2D eigenvalue weighted by molar-refractivity contribution is 0.0785. The number of ether oxygens (including phenoxy) is 1. The Morgan fingerprint density at radius 1 is 1.00 bits per heavy atom. The summed E-state index contributed by atoms with van der Waals surface area (Å²) in [6.45, 7) is 0.456. The number of carbonyl (C=O) groups is 1. The number of nitrogens with zero attached hydrogens (tertiary/aromatic N) is 2. The fourth-order valence-electron chi connectivity index (χ4n) is 2.79. The SMILES string of the molecule is COc1ccc(CN(C)C(=O)c2ccc(N(C)S(=O)(=O)c3cccs3)cc2)cc1. The lowest BCUT2D eigenvalue weighted by Crippen LogP contribution is -2.27. The predicted octanol–water partition coefficient (Wildman–Crippen LogP) is 3.85. The second kappa shape index (κ2) is 8.67. The van der Waals surface area contributed by atoms with Crippen molar-refractivity contribution in [3.63, 3.8) is 0 Å². The quantitative estimate of drug-likeness (QED) is 0.571. The highest BCUT2D eigenvalue weighted by Gasteiger charge is 2.22. The molecular weight excluding hydrogens is 408 g/mol. The number of thiophene rings is 1. The molecule has 0 aliphatic heterocycles. The summed E-state index contributed by atoms with van der Waals surface area (Å²) in [5, 5.41) is 1.72. The normalized spacial score (nSPS) is 11.1. The molecule has 3 aromatic rings. The van der Waals surface area contributed by atoms with Crippen LogP contribution in [0.2, 0.25) is 0 Å². The van der Waals surface area contributed by atoms with Gasteiger partial charge < -0.3 is 9.64 Å². The number of carbonyl (C=O) groups excluding carboxylic acids is 1. The van der Waals surface area contributed by atoms with Gasteiger partial charge in [-0.2, -0.15) is 0 Å². The summed E-state index contributed by atoms with van der Waals surface area (Å²) >= 11 is 1.17. The van der Waals surface area contributed by atoms with Gasteiger partial charge in [-0.05, 0) is 53.4 Å². The Bertz CT molecular complexity index is 1060. The summed E-state index contributed by atoms with van der Waals surface area (Å²) in [4.78, 5) is 14.3. The van der Waals surface area contributed by atoms with Crippen LogP contribution in [0.1, 0.15) is 15.9 Å². The minimum Gasteiger partial charge on any atom is -0.497 e. The minimum absolute atomic E-state index is 0.142. The van der Waals surface area contributed by atoms with Crippen LogP contribution >= 0.6 is 11.3 Å². The zero-order valence-corrected chi connectivity index (χ0v) is 18.0. The summed E-state index contributed by atoms with van der Waals surface area (Å²) in [7, 11) is 1.24. The van der Waals surface area contributed by atoms with Gasteiger partial charge in [-0.15, -0.1) is 11.3 Å². The number of anilines is 1. The molecule has 0 aliphatic carbocycles. The Labute approximate surface area is 175 Å². The van der Waals surface area contributed by atoms with Gasteiger partial charge in [0.15, 0.2) is 0 Å². The van der Waals surface area contributed by atoms with Gasteiger partial charge in [-0.25, -0.2) is 8.42 Å². The highest BCUT2D eigenvalue weighted by Crippen LogP contribution is 2.25. The molecule has 0 radical (unpaired) electrons. The first-order valence-electron chi connectivity index (χ1n) is 8.84. The lowest BCUT2D eigenvalue weighted by Gasteiger charge is -2.20. The standard InChI is InChI=1S/C21H22N2O4S2/c1-22(15-16-6-12-19(27-3)13-7-16)21(24)17-8-10-18(11-9-17)23(2)29(25,26)20-5-4-14-28-20/h4-14H,15H2,1-3H3. The van der Waals surface area contributed by atoms with E-state index < -0.39 is 10.0 Å². The smallest absolute Gasteiger partial charge is 0.273 e. The summed E-state index contributed by atoms with van der Waals surface area (Å²) in [5.41, 5.74) is 1.97. The van der Waals surface area contributed by atoms with Gasteiger partial charge in [0.1, 0.15) is 9.96 Å². The van der Waals surface area contributed by atoms with E-state index in [1.807, 2.05) is 24.3 Å². The molecule has 29 heavy (non-hydrogen) atoms. The molecule has 0 fully saturated rings. The molecule has 0 spiro atoms. The average Bonchev–Trinajstić information content (AvgIpc) is 3.29. The Morgan fingerprint density at radius 3 is 2.21 bits per heavy atom. The van der Waals surface area contributed by atoms with Crippen molar-refractivity contribution < 1.29 is 17.9 Å². The number of rotatable bonds is 7. The fraction of sp³-hybridized carbons (Fsp3) is 0.190. The summed E-state index contributed by atoms with van der Waals surface area (Å²) in [6.07, 6.45) is 0. The molecule has 152 valence electrons. The minimum atomic E-state index is -3.60. The van der Waals surface area contributed by atoms with Crippen molar-refractivity contribution in [1.29, 1.82) is 0 Å². The van der Waals surface area contributed by atoms with Crippen LogP contribution in [0.25, 0.3) is 0 Å². The van der Waals surface area contributed by atoms with E-state index in [1.165, 1.54) is 22.7 Å². The van der Waals surface area contributed by atoms with Crippen LogP contribution in [-0.2, 0) is 16.6 Å². The predicted molar refractivity (Wildman–Crippen MR) is 115 cm³/mol. The molecule has 8 heteroatoms. The molecule has 1 amide bonds. The van der Waals surface area contributed by atoms with E-state index >= 15 is 0 Å². The van der Waals surface area contributed by atoms with Crippen LogP contribution in [0.15, 0.2) is 70.3 Å². The number of amides is 1. The van der Waals surface area contributed by atoms with Crippen LogP contribution in [-0.4, -0.2) is 40.4 Å². The third kappa shape index (κ3) is 4.60. The second-order valence-electron chi connectivity index (χ2n) is 6.46. The first-order chi connectivity index (χ1) is 13.8. The number of hydrogen-bond donors (Lipinski definition) is 0. The first-order valence-corrected chi connectivity index (χ1v) is 11.2. The molecule has 6 nitrogen and oxygen atoms in total. The maximum absolute atomic E-state index is 12.7. The van der Waals surface area contributed by atoms with Crippen molar-refractivity contribution in [3.8, 4) is 5.75 Å². The molecule has 0 saturated carbocycles. The topological polar surface area (TPSA) is 66.9 Å². The van der Waals surface area contributed by atoms with Gasteiger partial charge in [0, 0.05) is 26.2 Å². The monoisotopic (exact) mass is 430 g/mol. The largest absolute Gasteiger partial charge is 0.497 e. The van der Waals surface area contributed by atoms with Crippen LogP contribution in [0.3, 0.4) is 0 Å².